The highest BCUT2D eigenvalue weighted by Crippen LogP contribution is 2.32. The van der Waals surface area contributed by atoms with Gasteiger partial charge < -0.3 is 4.90 Å². The fourth-order valence-electron chi connectivity index (χ4n) is 4.04. The summed E-state index contributed by atoms with van der Waals surface area (Å²) in [6.07, 6.45) is 7.43. The average Bonchev–Trinajstić information content (AvgIpc) is 3.05. The van der Waals surface area contributed by atoms with Gasteiger partial charge in [-0.25, -0.2) is 9.97 Å². The number of aryl methyl sites for hydroxylation is 3. The number of carbonyl (C=O) groups excluding carboxylic acids is 1. The maximum absolute atomic E-state index is 13.0. The Hall–Kier alpha value is -3.09. The molecule has 0 aliphatic carbocycles. The van der Waals surface area contributed by atoms with Crippen LogP contribution in [-0.4, -0.2) is 48.6 Å². The average molecular weight is 390 g/mol. The van der Waals surface area contributed by atoms with Crippen LogP contribution in [0, 0.1) is 20.8 Å². The summed E-state index contributed by atoms with van der Waals surface area (Å²) in [5, 5.41) is 4.43. The molecule has 0 radical (unpaired) electrons. The molecule has 0 bridgehead atoms. The van der Waals surface area contributed by atoms with Gasteiger partial charge in [0.25, 0.3) is 0 Å². The Bertz CT molecular complexity index is 1010. The second kappa shape index (κ2) is 8.11. The number of carbonyl (C=O) groups is 1. The van der Waals surface area contributed by atoms with E-state index in [1.807, 2.05) is 50.1 Å². The Labute approximate surface area is 170 Å². The first-order chi connectivity index (χ1) is 14.0. The molecule has 1 saturated heterocycles. The summed E-state index contributed by atoms with van der Waals surface area (Å²) in [5.74, 6) is 1.05. The van der Waals surface area contributed by atoms with E-state index >= 15 is 0 Å². The van der Waals surface area contributed by atoms with Crippen LogP contribution in [0.1, 0.15) is 41.7 Å². The van der Waals surface area contributed by atoms with Crippen molar-refractivity contribution in [3.8, 4) is 11.1 Å². The zero-order chi connectivity index (χ0) is 20.4. The van der Waals surface area contributed by atoms with Crippen LogP contribution in [0.2, 0.25) is 0 Å². The fraction of sp³-hybridized carbons (Fsp3) is 0.409. The first-order valence-corrected chi connectivity index (χ1v) is 10.0. The van der Waals surface area contributed by atoms with E-state index in [9.17, 15) is 4.79 Å². The van der Waals surface area contributed by atoms with Gasteiger partial charge in [0.2, 0.25) is 5.91 Å². The molecule has 29 heavy (non-hydrogen) atoms. The van der Waals surface area contributed by atoms with E-state index in [0.29, 0.717) is 6.54 Å². The maximum atomic E-state index is 13.0. The van der Waals surface area contributed by atoms with E-state index in [0.717, 1.165) is 53.4 Å². The lowest BCUT2D eigenvalue weighted by Gasteiger charge is -2.33. The third-order valence-electron chi connectivity index (χ3n) is 5.48. The van der Waals surface area contributed by atoms with Crippen molar-refractivity contribution in [2.45, 2.75) is 46.1 Å². The molecule has 1 aliphatic rings. The number of hydrogen-bond donors (Lipinski definition) is 0. The highest BCUT2D eigenvalue weighted by molar-refractivity contribution is 5.76. The van der Waals surface area contributed by atoms with Crippen LogP contribution in [0.4, 0.5) is 0 Å². The molecule has 1 fully saturated rings. The quantitative estimate of drug-likeness (QED) is 0.684. The van der Waals surface area contributed by atoms with Crippen molar-refractivity contribution < 1.29 is 4.79 Å². The number of likely N-dealkylation sites (tertiary alicyclic amines) is 1. The van der Waals surface area contributed by atoms with Gasteiger partial charge in [0.05, 0.1) is 11.4 Å². The van der Waals surface area contributed by atoms with Gasteiger partial charge in [-0.2, -0.15) is 5.10 Å². The molecule has 0 N–H and O–H groups in total. The summed E-state index contributed by atoms with van der Waals surface area (Å²) in [7, 11) is 0. The van der Waals surface area contributed by atoms with Gasteiger partial charge in [0.1, 0.15) is 12.4 Å². The van der Waals surface area contributed by atoms with Crippen molar-refractivity contribution in [1.82, 2.24) is 29.6 Å². The van der Waals surface area contributed by atoms with Crippen LogP contribution in [0.15, 0.2) is 36.8 Å². The van der Waals surface area contributed by atoms with Crippen molar-refractivity contribution in [2.75, 3.05) is 13.1 Å². The van der Waals surface area contributed by atoms with Gasteiger partial charge >= 0.3 is 0 Å². The molecular formula is C22H26N6O. The zero-order valence-corrected chi connectivity index (χ0v) is 17.2. The van der Waals surface area contributed by atoms with E-state index in [2.05, 4.69) is 15.1 Å². The minimum absolute atomic E-state index is 0.108. The molecule has 1 amide bonds. The smallest absolute Gasteiger partial charge is 0.244 e. The van der Waals surface area contributed by atoms with Crippen LogP contribution >= 0.6 is 0 Å². The summed E-state index contributed by atoms with van der Waals surface area (Å²) in [6.45, 7) is 7.58. The van der Waals surface area contributed by atoms with Gasteiger partial charge in [-0.1, -0.05) is 0 Å². The van der Waals surface area contributed by atoms with E-state index in [1.165, 1.54) is 0 Å². The number of rotatable bonds is 4. The van der Waals surface area contributed by atoms with Crippen LogP contribution in [-0.2, 0) is 11.3 Å². The lowest BCUT2D eigenvalue weighted by atomic mass is 9.90. The number of amides is 1. The van der Waals surface area contributed by atoms with Crippen molar-refractivity contribution >= 4 is 5.91 Å². The fourth-order valence-corrected chi connectivity index (χ4v) is 4.04. The molecule has 0 aromatic carbocycles. The lowest BCUT2D eigenvalue weighted by molar-refractivity contribution is -0.133. The molecule has 4 heterocycles. The molecule has 3 aromatic heterocycles. The monoisotopic (exact) mass is 390 g/mol. The number of pyridine rings is 1. The second-order valence-corrected chi connectivity index (χ2v) is 7.72. The molecule has 1 aliphatic heterocycles. The Kier molecular flexibility index (Phi) is 5.38. The largest absolute Gasteiger partial charge is 0.340 e. The van der Waals surface area contributed by atoms with Gasteiger partial charge in [0, 0.05) is 48.9 Å². The van der Waals surface area contributed by atoms with Crippen molar-refractivity contribution in [1.29, 1.82) is 0 Å². The Morgan fingerprint density at radius 1 is 1.21 bits per heavy atom. The molecule has 4 rings (SSSR count). The molecular weight excluding hydrogens is 364 g/mol. The van der Waals surface area contributed by atoms with E-state index < -0.39 is 0 Å². The molecule has 7 nitrogen and oxygen atoms in total. The minimum Gasteiger partial charge on any atom is -0.340 e. The summed E-state index contributed by atoms with van der Waals surface area (Å²) in [5.41, 5.74) is 5.05. The van der Waals surface area contributed by atoms with Gasteiger partial charge in [-0.15, -0.1) is 0 Å². The topological polar surface area (TPSA) is 76.8 Å². The number of hydrogen-bond acceptors (Lipinski definition) is 5. The Morgan fingerprint density at radius 2 is 2.00 bits per heavy atom. The highest BCUT2D eigenvalue weighted by Gasteiger charge is 2.28. The van der Waals surface area contributed by atoms with Crippen LogP contribution in [0.5, 0.6) is 0 Å². The SMILES string of the molecule is Cc1cc(C)n(CC(=O)N2CCC[C@@H](c3nc(C)ncc3-c3ccncc3)C2)n1. The van der Waals surface area contributed by atoms with Gasteiger partial charge in [0.15, 0.2) is 0 Å². The molecule has 0 saturated carbocycles. The Morgan fingerprint density at radius 3 is 2.72 bits per heavy atom. The molecule has 0 spiro atoms. The normalized spacial score (nSPS) is 16.8. The molecule has 150 valence electrons. The predicted octanol–water partition coefficient (Wildman–Crippen LogP) is 3.07. The third-order valence-corrected chi connectivity index (χ3v) is 5.48. The molecule has 3 aromatic rings. The first kappa shape index (κ1) is 19.2. The van der Waals surface area contributed by atoms with Crippen LogP contribution in [0.3, 0.4) is 0 Å². The molecule has 7 heteroatoms. The summed E-state index contributed by atoms with van der Waals surface area (Å²) < 4.78 is 1.79. The Balaban J connectivity index is 1.56. The number of nitrogens with zero attached hydrogens (tertiary/aromatic N) is 6. The number of aromatic nitrogens is 5. The summed E-state index contributed by atoms with van der Waals surface area (Å²) in [6, 6.07) is 5.95. The van der Waals surface area contributed by atoms with Crippen molar-refractivity contribution in [2.24, 2.45) is 0 Å². The third kappa shape index (κ3) is 4.18. The standard InChI is InChI=1S/C22H26N6O/c1-15-11-16(2)28(26-15)14-21(29)27-10-4-5-19(13-27)22-20(12-24-17(3)25-22)18-6-8-23-9-7-18/h6-9,11-12,19H,4-5,10,13-14H2,1-3H3/t19-/m1/s1. The second-order valence-electron chi connectivity index (χ2n) is 7.72. The lowest BCUT2D eigenvalue weighted by Crippen LogP contribution is -2.41. The van der Waals surface area contributed by atoms with Gasteiger partial charge in [-0.05, 0) is 57.4 Å². The summed E-state index contributed by atoms with van der Waals surface area (Å²) >= 11 is 0. The number of piperidine rings is 1. The van der Waals surface area contributed by atoms with E-state index in [1.54, 1.807) is 17.1 Å². The van der Waals surface area contributed by atoms with Crippen molar-refractivity contribution in [3.05, 3.63) is 59.7 Å². The summed E-state index contributed by atoms with van der Waals surface area (Å²) in [4.78, 5) is 28.2. The van der Waals surface area contributed by atoms with Crippen LogP contribution < -0.4 is 0 Å². The van der Waals surface area contributed by atoms with Gasteiger partial charge in [-0.3, -0.25) is 14.5 Å². The first-order valence-electron chi connectivity index (χ1n) is 10.0. The van der Waals surface area contributed by atoms with E-state index in [-0.39, 0.29) is 18.4 Å². The van der Waals surface area contributed by atoms with E-state index in [4.69, 9.17) is 4.98 Å². The minimum atomic E-state index is 0.108. The predicted molar refractivity (Wildman–Crippen MR) is 110 cm³/mol. The van der Waals surface area contributed by atoms with Crippen LogP contribution in [0.25, 0.3) is 11.1 Å². The van der Waals surface area contributed by atoms with Crippen molar-refractivity contribution in [3.63, 3.8) is 0 Å². The molecule has 0 unspecified atom stereocenters. The molecule has 1 atom stereocenters. The highest BCUT2D eigenvalue weighted by atomic mass is 16.2. The maximum Gasteiger partial charge on any atom is 0.244 e. The zero-order valence-electron chi connectivity index (χ0n) is 17.2.